The zero-order valence-corrected chi connectivity index (χ0v) is 12.8. The van der Waals surface area contributed by atoms with Gasteiger partial charge in [-0.25, -0.2) is 0 Å². The Kier molecular flexibility index (Phi) is 5.48. The molecule has 3 N–H and O–H groups in total. The molecule has 1 atom stereocenters. The standard InChI is InChI=1S/C15H22N2OS/c1-9(2)11-5-7-12(8-6-11)15(18)17-13(10(3)4)14(16)19/h5-10,13H,1-4H3,(H2,16,19)(H,17,18). The first-order valence-corrected chi connectivity index (χ1v) is 6.94. The molecule has 0 aliphatic heterocycles. The minimum absolute atomic E-state index is 0.137. The van der Waals surface area contributed by atoms with Crippen molar-refractivity contribution in [2.75, 3.05) is 0 Å². The molecule has 0 saturated carbocycles. The fraction of sp³-hybridized carbons (Fsp3) is 0.467. The third-order valence-corrected chi connectivity index (χ3v) is 3.35. The minimum atomic E-state index is -0.271. The lowest BCUT2D eigenvalue weighted by Gasteiger charge is -2.21. The maximum Gasteiger partial charge on any atom is 0.251 e. The van der Waals surface area contributed by atoms with E-state index in [1.54, 1.807) is 0 Å². The van der Waals surface area contributed by atoms with Crippen molar-refractivity contribution in [3.05, 3.63) is 35.4 Å². The van der Waals surface area contributed by atoms with Crippen LogP contribution in [0.3, 0.4) is 0 Å². The molecule has 1 amide bonds. The normalized spacial score (nSPS) is 12.5. The number of nitrogens with one attached hydrogen (secondary N) is 1. The number of benzene rings is 1. The van der Waals surface area contributed by atoms with E-state index < -0.39 is 0 Å². The first-order chi connectivity index (χ1) is 8.82. The average Bonchev–Trinajstić information content (AvgIpc) is 2.34. The molecular weight excluding hydrogens is 256 g/mol. The van der Waals surface area contributed by atoms with E-state index in [9.17, 15) is 4.79 Å². The summed E-state index contributed by atoms with van der Waals surface area (Å²) in [5, 5.41) is 2.88. The molecule has 1 unspecified atom stereocenters. The summed E-state index contributed by atoms with van der Waals surface area (Å²) in [6, 6.07) is 7.35. The number of hydrogen-bond acceptors (Lipinski definition) is 2. The number of thiocarbonyl (C=S) groups is 1. The van der Waals surface area contributed by atoms with Gasteiger partial charge >= 0.3 is 0 Å². The Hall–Kier alpha value is -1.42. The van der Waals surface area contributed by atoms with Crippen molar-refractivity contribution in [1.29, 1.82) is 0 Å². The molecule has 1 aromatic carbocycles. The Balaban J connectivity index is 2.80. The predicted molar refractivity (Wildman–Crippen MR) is 83.4 cm³/mol. The topological polar surface area (TPSA) is 55.1 Å². The monoisotopic (exact) mass is 278 g/mol. The van der Waals surface area contributed by atoms with Crippen LogP contribution in [0, 0.1) is 5.92 Å². The molecule has 0 bridgehead atoms. The Labute approximate surface area is 120 Å². The van der Waals surface area contributed by atoms with E-state index >= 15 is 0 Å². The molecule has 3 nitrogen and oxygen atoms in total. The van der Waals surface area contributed by atoms with Crippen molar-refractivity contribution in [3.8, 4) is 0 Å². The van der Waals surface area contributed by atoms with Crippen molar-refractivity contribution in [1.82, 2.24) is 5.32 Å². The van der Waals surface area contributed by atoms with Crippen LogP contribution in [0.1, 0.15) is 49.5 Å². The molecule has 0 aliphatic carbocycles. The van der Waals surface area contributed by atoms with Gasteiger partial charge in [-0.05, 0) is 29.5 Å². The molecular formula is C15H22N2OS. The van der Waals surface area contributed by atoms with Gasteiger partial charge in [0.25, 0.3) is 5.91 Å². The van der Waals surface area contributed by atoms with Crippen LogP contribution in [0.4, 0.5) is 0 Å². The van der Waals surface area contributed by atoms with E-state index in [1.165, 1.54) is 5.56 Å². The first-order valence-electron chi connectivity index (χ1n) is 6.53. The van der Waals surface area contributed by atoms with Gasteiger partial charge in [-0.1, -0.05) is 52.0 Å². The third kappa shape index (κ3) is 4.31. The van der Waals surface area contributed by atoms with Crippen LogP contribution in [0.5, 0.6) is 0 Å². The van der Waals surface area contributed by atoms with Crippen LogP contribution in [0.2, 0.25) is 0 Å². The summed E-state index contributed by atoms with van der Waals surface area (Å²) in [6.07, 6.45) is 0. The van der Waals surface area contributed by atoms with Crippen LogP contribution in [0.25, 0.3) is 0 Å². The lowest BCUT2D eigenvalue weighted by molar-refractivity contribution is 0.0940. The maximum atomic E-state index is 12.1. The van der Waals surface area contributed by atoms with Gasteiger partial charge in [-0.3, -0.25) is 4.79 Å². The molecule has 4 heteroatoms. The summed E-state index contributed by atoms with van der Waals surface area (Å²) < 4.78 is 0. The van der Waals surface area contributed by atoms with Gasteiger partial charge in [0.1, 0.15) is 0 Å². The second-order valence-electron chi connectivity index (χ2n) is 5.37. The fourth-order valence-electron chi connectivity index (χ4n) is 1.81. The highest BCUT2D eigenvalue weighted by atomic mass is 32.1. The highest BCUT2D eigenvalue weighted by Crippen LogP contribution is 2.15. The number of rotatable bonds is 5. The second-order valence-corrected chi connectivity index (χ2v) is 5.85. The summed E-state index contributed by atoms with van der Waals surface area (Å²) in [5.41, 5.74) is 7.49. The third-order valence-electron chi connectivity index (χ3n) is 3.10. The van der Waals surface area contributed by atoms with Crippen molar-refractivity contribution >= 4 is 23.1 Å². The van der Waals surface area contributed by atoms with Crippen molar-refractivity contribution in [2.24, 2.45) is 11.7 Å². The van der Waals surface area contributed by atoms with Gasteiger partial charge < -0.3 is 11.1 Å². The minimum Gasteiger partial charge on any atom is -0.392 e. The van der Waals surface area contributed by atoms with Crippen LogP contribution in [-0.4, -0.2) is 16.9 Å². The average molecular weight is 278 g/mol. The van der Waals surface area contributed by atoms with E-state index in [1.807, 2.05) is 38.1 Å². The maximum absolute atomic E-state index is 12.1. The Morgan fingerprint density at radius 2 is 1.68 bits per heavy atom. The molecule has 104 valence electrons. The highest BCUT2D eigenvalue weighted by molar-refractivity contribution is 7.80. The smallest absolute Gasteiger partial charge is 0.251 e. The fourth-order valence-corrected chi connectivity index (χ4v) is 2.14. The van der Waals surface area contributed by atoms with Crippen molar-refractivity contribution in [2.45, 2.75) is 39.7 Å². The summed E-state index contributed by atoms with van der Waals surface area (Å²) in [4.78, 5) is 12.4. The number of nitrogens with two attached hydrogens (primary N) is 1. The van der Waals surface area contributed by atoms with Crippen LogP contribution < -0.4 is 11.1 Å². The molecule has 0 fully saturated rings. The van der Waals surface area contributed by atoms with Gasteiger partial charge in [0.05, 0.1) is 11.0 Å². The first kappa shape index (κ1) is 15.6. The largest absolute Gasteiger partial charge is 0.392 e. The molecule has 0 saturated heterocycles. The van der Waals surface area contributed by atoms with E-state index in [4.69, 9.17) is 18.0 Å². The molecule has 0 aliphatic rings. The van der Waals surface area contributed by atoms with Crippen molar-refractivity contribution in [3.63, 3.8) is 0 Å². The Morgan fingerprint density at radius 1 is 1.16 bits per heavy atom. The Morgan fingerprint density at radius 3 is 2.05 bits per heavy atom. The number of hydrogen-bond donors (Lipinski definition) is 2. The SMILES string of the molecule is CC(C)c1ccc(C(=O)NC(C(N)=S)C(C)C)cc1. The van der Waals surface area contributed by atoms with E-state index in [2.05, 4.69) is 19.2 Å². The van der Waals surface area contributed by atoms with Gasteiger partial charge in [-0.2, -0.15) is 0 Å². The zero-order chi connectivity index (χ0) is 14.6. The van der Waals surface area contributed by atoms with Crippen molar-refractivity contribution < 1.29 is 4.79 Å². The van der Waals surface area contributed by atoms with Gasteiger partial charge in [0, 0.05) is 5.56 Å². The molecule has 1 aromatic rings. The van der Waals surface area contributed by atoms with E-state index in [0.717, 1.165) is 0 Å². The lowest BCUT2D eigenvalue weighted by atomic mass is 10.0. The molecule has 0 aromatic heterocycles. The van der Waals surface area contributed by atoms with Crippen LogP contribution in [-0.2, 0) is 0 Å². The van der Waals surface area contributed by atoms with Crippen LogP contribution >= 0.6 is 12.2 Å². The van der Waals surface area contributed by atoms with Gasteiger partial charge in [0.2, 0.25) is 0 Å². The summed E-state index contributed by atoms with van der Waals surface area (Å²) in [7, 11) is 0. The summed E-state index contributed by atoms with van der Waals surface area (Å²) in [6.45, 7) is 8.20. The lowest BCUT2D eigenvalue weighted by Crippen LogP contribution is -2.46. The van der Waals surface area contributed by atoms with Gasteiger partial charge in [0.15, 0.2) is 0 Å². The molecule has 0 heterocycles. The summed E-state index contributed by atoms with van der Waals surface area (Å²) >= 11 is 4.98. The zero-order valence-electron chi connectivity index (χ0n) is 11.9. The van der Waals surface area contributed by atoms with Crippen LogP contribution in [0.15, 0.2) is 24.3 Å². The summed E-state index contributed by atoms with van der Waals surface area (Å²) in [5.74, 6) is 0.496. The number of carbonyl (C=O) groups is 1. The van der Waals surface area contributed by atoms with E-state index in [-0.39, 0.29) is 17.9 Å². The second kappa shape index (κ2) is 6.66. The molecule has 19 heavy (non-hydrogen) atoms. The number of amides is 1. The molecule has 1 rings (SSSR count). The van der Waals surface area contributed by atoms with E-state index in [0.29, 0.717) is 16.5 Å². The molecule has 0 radical (unpaired) electrons. The predicted octanol–water partition coefficient (Wildman–Crippen LogP) is 2.85. The van der Waals surface area contributed by atoms with Gasteiger partial charge in [-0.15, -0.1) is 0 Å². The highest BCUT2D eigenvalue weighted by Gasteiger charge is 2.19. The number of carbonyl (C=O) groups excluding carboxylic acids is 1. The molecule has 0 spiro atoms. The Bertz CT molecular complexity index is 452. The quantitative estimate of drug-likeness (QED) is 0.814.